The number of halogens is 2. The first-order valence-corrected chi connectivity index (χ1v) is 8.97. The van der Waals surface area contributed by atoms with E-state index in [4.69, 9.17) is 10.5 Å². The van der Waals surface area contributed by atoms with Crippen molar-refractivity contribution in [1.29, 1.82) is 0 Å². The summed E-state index contributed by atoms with van der Waals surface area (Å²) < 4.78 is 34.6. The zero-order valence-electron chi connectivity index (χ0n) is 16.4. The van der Waals surface area contributed by atoms with Crippen LogP contribution < -0.4 is 15.8 Å². The molecule has 0 radical (unpaired) electrons. The van der Waals surface area contributed by atoms with Gasteiger partial charge in [0, 0.05) is 29.6 Å². The Morgan fingerprint density at radius 1 is 1.24 bits per heavy atom. The first kappa shape index (κ1) is 20.3. The smallest absolute Gasteiger partial charge is 0.230 e. The van der Waals surface area contributed by atoms with Crippen LogP contribution in [0, 0.1) is 19.7 Å². The van der Waals surface area contributed by atoms with Gasteiger partial charge in [-0.3, -0.25) is 4.79 Å². The van der Waals surface area contributed by atoms with Crippen LogP contribution in [0.1, 0.15) is 28.5 Å². The molecule has 6 nitrogen and oxygen atoms in total. The summed E-state index contributed by atoms with van der Waals surface area (Å²) in [6.07, 6.45) is -0.372. The van der Waals surface area contributed by atoms with E-state index in [2.05, 4.69) is 10.4 Å². The minimum atomic E-state index is -1.84. The van der Waals surface area contributed by atoms with E-state index in [1.54, 1.807) is 12.1 Å². The maximum atomic E-state index is 14.7. The van der Waals surface area contributed by atoms with E-state index >= 15 is 0 Å². The first-order chi connectivity index (χ1) is 13.8. The van der Waals surface area contributed by atoms with Gasteiger partial charge < -0.3 is 15.8 Å². The predicted octanol–water partition coefficient (Wildman–Crippen LogP) is 3.93. The van der Waals surface area contributed by atoms with Gasteiger partial charge in [0.25, 0.3) is 0 Å². The third-order valence-corrected chi connectivity index (χ3v) is 4.86. The molecule has 3 rings (SSSR count). The fourth-order valence-electron chi connectivity index (χ4n) is 2.95. The number of carbonyl (C=O) groups is 1. The van der Waals surface area contributed by atoms with Gasteiger partial charge in [-0.05, 0) is 48.7 Å². The Morgan fingerprint density at radius 3 is 2.69 bits per heavy atom. The molecule has 3 N–H and O–H groups in total. The van der Waals surface area contributed by atoms with E-state index in [1.807, 2.05) is 13.8 Å². The molecule has 0 aliphatic heterocycles. The average Bonchev–Trinajstić information content (AvgIpc) is 3.16. The van der Waals surface area contributed by atoms with Crippen LogP contribution in [0.5, 0.6) is 5.75 Å². The molecule has 1 unspecified atom stereocenters. The molecule has 0 fully saturated rings. The highest BCUT2D eigenvalue weighted by atomic mass is 19.1. The molecule has 0 spiro atoms. The van der Waals surface area contributed by atoms with E-state index in [-0.39, 0.29) is 23.7 Å². The molecule has 152 valence electrons. The molecule has 0 bridgehead atoms. The van der Waals surface area contributed by atoms with Gasteiger partial charge in [0.15, 0.2) is 5.82 Å². The second-order valence-corrected chi connectivity index (χ2v) is 6.69. The zero-order valence-corrected chi connectivity index (χ0v) is 16.4. The Kier molecular flexibility index (Phi) is 5.81. The lowest BCUT2D eigenvalue weighted by atomic mass is 9.99. The Morgan fingerprint density at radius 2 is 2.00 bits per heavy atom. The topological polar surface area (TPSA) is 82.2 Å². The second-order valence-electron chi connectivity index (χ2n) is 6.69. The molecule has 0 aliphatic carbocycles. The number of hydrogen-bond donors (Lipinski definition) is 2. The van der Waals surface area contributed by atoms with E-state index < -0.39 is 12.1 Å². The first-order valence-electron chi connectivity index (χ1n) is 8.97. The van der Waals surface area contributed by atoms with Crippen molar-refractivity contribution in [2.45, 2.75) is 26.6 Å². The van der Waals surface area contributed by atoms with Crippen LogP contribution in [-0.2, 0) is 11.2 Å². The van der Waals surface area contributed by atoms with Crippen LogP contribution in [-0.4, -0.2) is 22.8 Å². The number of aromatic nitrogens is 2. The fraction of sp³-hybridized carbons (Fsp3) is 0.238. The number of rotatable bonds is 6. The van der Waals surface area contributed by atoms with Crippen molar-refractivity contribution in [3.63, 3.8) is 0 Å². The van der Waals surface area contributed by atoms with Crippen LogP contribution in [0.3, 0.4) is 0 Å². The number of nitrogens with two attached hydrogens (primary N) is 1. The maximum Gasteiger partial charge on any atom is 0.230 e. The van der Waals surface area contributed by atoms with Crippen LogP contribution in [0.2, 0.25) is 0 Å². The third-order valence-electron chi connectivity index (χ3n) is 4.86. The number of alkyl halides is 1. The maximum absolute atomic E-state index is 14.7. The number of anilines is 2. The van der Waals surface area contributed by atoms with Crippen molar-refractivity contribution >= 4 is 17.4 Å². The minimum Gasteiger partial charge on any atom is -0.497 e. The number of amides is 1. The quantitative estimate of drug-likeness (QED) is 0.615. The Balaban J connectivity index is 1.70. The van der Waals surface area contributed by atoms with Gasteiger partial charge in [0.1, 0.15) is 11.6 Å². The van der Waals surface area contributed by atoms with E-state index in [1.165, 1.54) is 31.5 Å². The molecule has 8 heteroatoms. The van der Waals surface area contributed by atoms with Crippen molar-refractivity contribution in [3.05, 3.63) is 70.7 Å². The molecule has 1 amide bonds. The zero-order chi connectivity index (χ0) is 21.1. The summed E-state index contributed by atoms with van der Waals surface area (Å²) in [5.41, 5.74) is 9.08. The van der Waals surface area contributed by atoms with Gasteiger partial charge in [-0.1, -0.05) is 6.07 Å². The number of carbonyl (C=O) groups excluding carboxylic acids is 1. The predicted molar refractivity (Wildman–Crippen MR) is 107 cm³/mol. The van der Waals surface area contributed by atoms with Gasteiger partial charge in [-0.2, -0.15) is 5.10 Å². The van der Waals surface area contributed by atoms with Gasteiger partial charge in [0.05, 0.1) is 13.5 Å². The second kappa shape index (κ2) is 8.30. The van der Waals surface area contributed by atoms with Crippen LogP contribution >= 0.6 is 0 Å². The number of benzene rings is 2. The standard InChI is InChI=1S/C21H22F2N4O2/c1-12-13(2)18(24)7-4-14(12)10-20(28)25-19-8-9-27(26-19)21(23)16-6-5-15(29-3)11-17(16)22/h4-9,11,21H,10,24H2,1-3H3,(H,25,26,28). The lowest BCUT2D eigenvalue weighted by molar-refractivity contribution is -0.115. The largest absolute Gasteiger partial charge is 0.497 e. The van der Waals surface area contributed by atoms with Crippen molar-refractivity contribution in [1.82, 2.24) is 9.78 Å². The monoisotopic (exact) mass is 400 g/mol. The van der Waals surface area contributed by atoms with Crippen molar-refractivity contribution in [2.24, 2.45) is 0 Å². The molecule has 0 saturated heterocycles. The SMILES string of the molecule is COc1ccc(C(F)n2ccc(NC(=O)Cc3ccc(N)c(C)c3C)n2)c(F)c1. The number of hydrogen-bond acceptors (Lipinski definition) is 4. The highest BCUT2D eigenvalue weighted by Crippen LogP contribution is 2.26. The number of nitrogens with zero attached hydrogens (tertiary/aromatic N) is 2. The number of nitrogens with one attached hydrogen (secondary N) is 1. The fourth-order valence-corrected chi connectivity index (χ4v) is 2.95. The Hall–Kier alpha value is -3.42. The number of nitrogen functional groups attached to an aromatic ring is 1. The van der Waals surface area contributed by atoms with E-state index in [0.29, 0.717) is 11.4 Å². The lowest BCUT2D eigenvalue weighted by Crippen LogP contribution is -2.16. The minimum absolute atomic E-state index is 0.131. The summed E-state index contributed by atoms with van der Waals surface area (Å²) in [6.45, 7) is 3.80. The van der Waals surface area contributed by atoms with Crippen LogP contribution in [0.4, 0.5) is 20.3 Å². The number of methoxy groups -OCH3 is 1. The molecule has 2 aromatic carbocycles. The summed E-state index contributed by atoms with van der Waals surface area (Å²) in [5, 5.41) is 6.63. The summed E-state index contributed by atoms with van der Waals surface area (Å²) >= 11 is 0. The third kappa shape index (κ3) is 4.37. The molecular formula is C21H22F2N4O2. The van der Waals surface area contributed by atoms with Gasteiger partial charge >= 0.3 is 0 Å². The summed E-state index contributed by atoms with van der Waals surface area (Å²) in [6, 6.07) is 8.88. The van der Waals surface area contributed by atoms with Crippen molar-refractivity contribution < 1.29 is 18.3 Å². The van der Waals surface area contributed by atoms with Gasteiger partial charge in [-0.25, -0.2) is 13.5 Å². The average molecular weight is 400 g/mol. The highest BCUT2D eigenvalue weighted by Gasteiger charge is 2.19. The molecule has 29 heavy (non-hydrogen) atoms. The van der Waals surface area contributed by atoms with Crippen molar-refractivity contribution in [3.8, 4) is 5.75 Å². The van der Waals surface area contributed by atoms with E-state index in [0.717, 1.165) is 27.4 Å². The van der Waals surface area contributed by atoms with Crippen LogP contribution in [0.25, 0.3) is 0 Å². The molecule has 3 aromatic rings. The van der Waals surface area contributed by atoms with Gasteiger partial charge in [-0.15, -0.1) is 0 Å². The molecule has 0 saturated carbocycles. The summed E-state index contributed by atoms with van der Waals surface area (Å²) in [7, 11) is 1.40. The highest BCUT2D eigenvalue weighted by molar-refractivity contribution is 5.91. The molecule has 1 atom stereocenters. The Bertz CT molecular complexity index is 1050. The molecule has 1 heterocycles. The van der Waals surface area contributed by atoms with Crippen molar-refractivity contribution in [2.75, 3.05) is 18.2 Å². The molecule has 0 aliphatic rings. The number of ether oxygens (including phenoxy) is 1. The lowest BCUT2D eigenvalue weighted by Gasteiger charge is -2.12. The van der Waals surface area contributed by atoms with E-state index in [9.17, 15) is 13.6 Å². The van der Waals surface area contributed by atoms with Crippen LogP contribution in [0.15, 0.2) is 42.6 Å². The van der Waals surface area contributed by atoms with Gasteiger partial charge in [0.2, 0.25) is 12.2 Å². The molecular weight excluding hydrogens is 378 g/mol. The summed E-state index contributed by atoms with van der Waals surface area (Å²) in [5.74, 6) is -0.572. The normalized spacial score (nSPS) is 11.9. The summed E-state index contributed by atoms with van der Waals surface area (Å²) in [4.78, 5) is 12.3. The molecule has 1 aromatic heterocycles. The Labute approximate surface area is 167 Å².